The number of anilines is 2. The van der Waals surface area contributed by atoms with E-state index in [1.165, 1.54) is 12.4 Å². The molecule has 4 amide bonds. The molecule has 172 valence electrons. The number of benzene rings is 2. The van der Waals surface area contributed by atoms with Crippen LogP contribution in [0.1, 0.15) is 6.92 Å². The molecule has 4 unspecified atom stereocenters. The summed E-state index contributed by atoms with van der Waals surface area (Å²) in [6.07, 6.45) is 2.66. The second-order valence-corrected chi connectivity index (χ2v) is 9.03. The van der Waals surface area contributed by atoms with E-state index >= 15 is 0 Å². The van der Waals surface area contributed by atoms with E-state index in [0.29, 0.717) is 5.69 Å². The van der Waals surface area contributed by atoms with E-state index in [1.54, 1.807) is 6.07 Å². The number of rotatable bonds is 3. The number of imide groups is 2. The number of amides is 4. The number of fused-ring (bicyclic) bond motifs is 7. The topological polar surface area (TPSA) is 118 Å². The number of hydrogen-bond acceptors (Lipinski definition) is 7. The smallest absolute Gasteiger partial charge is 0.258 e. The predicted octanol–water partition coefficient (Wildman–Crippen LogP) is 1.92. The molecule has 3 fully saturated rings. The van der Waals surface area contributed by atoms with Gasteiger partial charge in [-0.3, -0.25) is 19.2 Å². The fraction of sp³-hybridized carbons (Fsp3) is 0.240. The maximum Gasteiger partial charge on any atom is 0.258 e. The van der Waals surface area contributed by atoms with Crippen LogP contribution >= 0.6 is 0 Å². The normalized spacial score (nSPS) is 25.5. The fourth-order valence-corrected chi connectivity index (χ4v) is 6.11. The number of carbonyl (C=O) groups excluding carboxylic acids is 4. The highest BCUT2D eigenvalue weighted by molar-refractivity contribution is 6.32. The summed E-state index contributed by atoms with van der Waals surface area (Å²) in [7, 11) is 0. The van der Waals surface area contributed by atoms with Crippen LogP contribution in [-0.4, -0.2) is 43.4 Å². The molecule has 1 saturated carbocycles. The minimum atomic E-state index is -0.886. The van der Waals surface area contributed by atoms with Crippen LogP contribution in [0.4, 0.5) is 11.6 Å². The first-order chi connectivity index (χ1) is 17.0. The van der Waals surface area contributed by atoms with E-state index in [4.69, 9.17) is 0 Å². The van der Waals surface area contributed by atoms with E-state index < -0.39 is 47.3 Å². The van der Waals surface area contributed by atoms with Crippen molar-refractivity contribution >= 4 is 57.1 Å². The van der Waals surface area contributed by atoms with Crippen LogP contribution in [0, 0.1) is 23.7 Å². The summed E-state index contributed by atoms with van der Waals surface area (Å²) >= 11 is 0. The average Bonchev–Trinajstić information content (AvgIpc) is 3.35. The lowest BCUT2D eigenvalue weighted by atomic mass is 9.59. The minimum absolute atomic E-state index is 0.135. The van der Waals surface area contributed by atoms with Crippen molar-refractivity contribution in [2.75, 3.05) is 9.80 Å². The molecule has 0 N–H and O–H groups in total. The molecule has 4 heterocycles. The van der Waals surface area contributed by atoms with Crippen molar-refractivity contribution in [1.29, 1.82) is 0 Å². The van der Waals surface area contributed by atoms with Gasteiger partial charge in [0.2, 0.25) is 23.6 Å². The van der Waals surface area contributed by atoms with Crippen LogP contribution in [0.2, 0.25) is 0 Å². The van der Waals surface area contributed by atoms with Gasteiger partial charge in [-0.15, -0.1) is 5.10 Å². The van der Waals surface area contributed by atoms with Crippen LogP contribution in [0.3, 0.4) is 0 Å². The van der Waals surface area contributed by atoms with Gasteiger partial charge in [0.1, 0.15) is 0 Å². The van der Waals surface area contributed by atoms with Crippen LogP contribution in [0.5, 0.6) is 0 Å². The summed E-state index contributed by atoms with van der Waals surface area (Å²) in [6.45, 7) is 2.84. The van der Waals surface area contributed by atoms with Crippen molar-refractivity contribution in [2.24, 2.45) is 23.7 Å². The summed E-state index contributed by atoms with van der Waals surface area (Å²) in [5, 5.41) is 9.40. The molecule has 2 aromatic carbocycles. The van der Waals surface area contributed by atoms with Crippen molar-refractivity contribution in [1.82, 2.24) is 19.7 Å². The van der Waals surface area contributed by atoms with Gasteiger partial charge in [-0.1, -0.05) is 18.2 Å². The summed E-state index contributed by atoms with van der Waals surface area (Å²) < 4.78 is 2.18. The second kappa shape index (κ2) is 6.78. The molecule has 3 aliphatic rings. The average molecular weight is 466 g/mol. The first kappa shape index (κ1) is 20.0. The Bertz CT molecular complexity index is 1570. The third-order valence-corrected chi connectivity index (χ3v) is 7.57. The van der Waals surface area contributed by atoms with E-state index in [0.717, 1.165) is 38.2 Å². The molecule has 2 saturated heterocycles. The number of nitrogens with zero attached hydrogens (tertiary/aromatic N) is 6. The summed E-state index contributed by atoms with van der Waals surface area (Å²) in [4.78, 5) is 59.0. The van der Waals surface area contributed by atoms with Crippen molar-refractivity contribution in [3.8, 4) is 0 Å². The third kappa shape index (κ3) is 2.35. The number of hydrogen-bond donors (Lipinski definition) is 0. The molecule has 4 atom stereocenters. The monoisotopic (exact) mass is 466 g/mol. The molecule has 4 aromatic rings. The molecule has 0 spiro atoms. The van der Waals surface area contributed by atoms with Gasteiger partial charge in [-0.05, 0) is 31.2 Å². The fourth-order valence-electron chi connectivity index (χ4n) is 6.11. The molecule has 0 radical (unpaired) electrons. The molecule has 35 heavy (non-hydrogen) atoms. The van der Waals surface area contributed by atoms with Gasteiger partial charge < -0.3 is 4.57 Å². The van der Waals surface area contributed by atoms with Crippen molar-refractivity contribution in [2.45, 2.75) is 13.5 Å². The first-order valence-electron chi connectivity index (χ1n) is 11.4. The lowest BCUT2D eigenvalue weighted by Crippen LogP contribution is -2.50. The Labute approximate surface area is 198 Å². The zero-order valence-electron chi connectivity index (χ0n) is 18.5. The molecular weight excluding hydrogens is 448 g/mol. The van der Waals surface area contributed by atoms with E-state index in [2.05, 4.69) is 26.7 Å². The standard InChI is InChI=1S/C25H18N6O4/c1-2-29-15-6-4-3-5-13(15)14-11-12(7-8-16(14)29)30-21(32)17-18(22(30)33)20-19(17)23(34)31(24(20)35)25-26-9-10-27-28-25/h3-11,17-20H,2H2,1H3. The maximum absolute atomic E-state index is 13.5. The SMILES string of the molecule is CCn1c2ccccc2c2cc(N3C(=O)C4C(C3=O)C3C(=O)N(c5nccnn5)C(=O)C43)ccc21. The largest absolute Gasteiger partial charge is 0.341 e. The molecule has 10 heteroatoms. The predicted molar refractivity (Wildman–Crippen MR) is 124 cm³/mol. The number of para-hydroxylation sites is 1. The zero-order valence-corrected chi connectivity index (χ0v) is 18.5. The molecule has 2 aliphatic heterocycles. The van der Waals surface area contributed by atoms with Crippen LogP contribution in [0.15, 0.2) is 54.9 Å². The molecule has 1 aliphatic carbocycles. The van der Waals surface area contributed by atoms with Crippen molar-refractivity contribution < 1.29 is 19.2 Å². The molecule has 2 aromatic heterocycles. The van der Waals surface area contributed by atoms with Gasteiger partial charge in [-0.25, -0.2) is 14.8 Å². The minimum Gasteiger partial charge on any atom is -0.341 e. The zero-order chi connectivity index (χ0) is 24.0. The highest BCUT2D eigenvalue weighted by atomic mass is 16.2. The molecule has 10 nitrogen and oxygen atoms in total. The molecular formula is C25H18N6O4. The lowest BCUT2D eigenvalue weighted by molar-refractivity contribution is -0.146. The maximum atomic E-state index is 13.5. The molecule has 7 rings (SSSR count). The third-order valence-electron chi connectivity index (χ3n) is 7.57. The Balaban J connectivity index is 1.28. The van der Waals surface area contributed by atoms with Crippen LogP contribution in [-0.2, 0) is 25.7 Å². The first-order valence-corrected chi connectivity index (χ1v) is 11.4. The quantitative estimate of drug-likeness (QED) is 0.423. The second-order valence-electron chi connectivity index (χ2n) is 9.03. The summed E-state index contributed by atoms with van der Waals surface area (Å²) in [5.41, 5.74) is 2.53. The van der Waals surface area contributed by atoms with Gasteiger partial charge >= 0.3 is 0 Å². The van der Waals surface area contributed by atoms with Gasteiger partial charge in [-0.2, -0.15) is 5.10 Å². The Morgan fingerprint density at radius 2 is 1.37 bits per heavy atom. The number of aryl methyl sites for hydroxylation is 1. The Morgan fingerprint density at radius 3 is 2.00 bits per heavy atom. The van der Waals surface area contributed by atoms with Crippen LogP contribution in [0.25, 0.3) is 21.8 Å². The van der Waals surface area contributed by atoms with Crippen LogP contribution < -0.4 is 9.80 Å². The lowest BCUT2D eigenvalue weighted by Gasteiger charge is -2.36. The van der Waals surface area contributed by atoms with Crippen molar-refractivity contribution in [3.63, 3.8) is 0 Å². The van der Waals surface area contributed by atoms with Gasteiger partial charge in [0.25, 0.3) is 5.95 Å². The number of carbonyl (C=O) groups is 4. The molecule has 0 bridgehead atoms. The Hall–Kier alpha value is -4.47. The summed E-state index contributed by atoms with van der Waals surface area (Å²) in [6, 6.07) is 13.5. The number of aromatic nitrogens is 4. The highest BCUT2D eigenvalue weighted by Crippen LogP contribution is 2.57. The van der Waals surface area contributed by atoms with Gasteiger partial charge in [0.05, 0.1) is 41.8 Å². The Kier molecular flexibility index (Phi) is 3.87. The van der Waals surface area contributed by atoms with Crippen molar-refractivity contribution in [3.05, 3.63) is 54.9 Å². The Morgan fingerprint density at radius 1 is 0.743 bits per heavy atom. The van der Waals surface area contributed by atoms with Gasteiger partial charge in [0.15, 0.2) is 0 Å². The summed E-state index contributed by atoms with van der Waals surface area (Å²) in [5.74, 6) is -5.64. The van der Waals surface area contributed by atoms with E-state index in [-0.39, 0.29) is 5.95 Å². The highest BCUT2D eigenvalue weighted by Gasteiger charge is 2.74. The van der Waals surface area contributed by atoms with Gasteiger partial charge in [0, 0.05) is 28.4 Å². The van der Waals surface area contributed by atoms with E-state index in [9.17, 15) is 19.2 Å². The van der Waals surface area contributed by atoms with E-state index in [1.807, 2.05) is 36.4 Å².